The molecule has 7 heteroatoms. The monoisotopic (exact) mass is 282 g/mol. The SMILES string of the molecule is NCCOCCOCCn1cc(-c2ccsc2)nn1. The number of hydrogen-bond acceptors (Lipinski definition) is 6. The quantitative estimate of drug-likeness (QED) is 0.694. The molecule has 0 radical (unpaired) electrons. The van der Waals surface area contributed by atoms with Gasteiger partial charge in [0.2, 0.25) is 0 Å². The molecule has 6 nitrogen and oxygen atoms in total. The van der Waals surface area contributed by atoms with Crippen molar-refractivity contribution in [2.45, 2.75) is 6.54 Å². The van der Waals surface area contributed by atoms with Crippen LogP contribution >= 0.6 is 11.3 Å². The van der Waals surface area contributed by atoms with E-state index in [9.17, 15) is 0 Å². The highest BCUT2D eigenvalue weighted by Crippen LogP contribution is 2.18. The average molecular weight is 282 g/mol. The second-order valence-corrected chi connectivity index (χ2v) is 4.67. The number of nitrogens with zero attached hydrogens (tertiary/aromatic N) is 3. The summed E-state index contributed by atoms with van der Waals surface area (Å²) < 4.78 is 12.4. The Balaban J connectivity index is 1.64. The Morgan fingerprint density at radius 1 is 1.21 bits per heavy atom. The van der Waals surface area contributed by atoms with Gasteiger partial charge in [-0.05, 0) is 11.4 Å². The van der Waals surface area contributed by atoms with Gasteiger partial charge in [0, 0.05) is 17.5 Å². The third-order valence-corrected chi connectivity index (χ3v) is 3.14. The van der Waals surface area contributed by atoms with Crippen molar-refractivity contribution in [3.63, 3.8) is 0 Å². The van der Waals surface area contributed by atoms with Crippen LogP contribution in [-0.2, 0) is 16.0 Å². The predicted octanol–water partition coefficient (Wildman–Crippen LogP) is 0.998. The van der Waals surface area contributed by atoms with Gasteiger partial charge in [-0.25, -0.2) is 4.68 Å². The molecule has 0 spiro atoms. The first-order valence-corrected chi connectivity index (χ1v) is 7.12. The topological polar surface area (TPSA) is 75.2 Å². The van der Waals surface area contributed by atoms with Crippen molar-refractivity contribution in [3.05, 3.63) is 23.0 Å². The fraction of sp³-hybridized carbons (Fsp3) is 0.500. The number of thiophene rings is 1. The van der Waals surface area contributed by atoms with Crippen molar-refractivity contribution in [2.75, 3.05) is 33.0 Å². The van der Waals surface area contributed by atoms with E-state index in [4.69, 9.17) is 15.2 Å². The van der Waals surface area contributed by atoms with Crippen molar-refractivity contribution in [3.8, 4) is 11.3 Å². The van der Waals surface area contributed by atoms with E-state index in [1.165, 1.54) is 0 Å². The first-order valence-electron chi connectivity index (χ1n) is 6.18. The van der Waals surface area contributed by atoms with Crippen molar-refractivity contribution < 1.29 is 9.47 Å². The zero-order valence-corrected chi connectivity index (χ0v) is 11.5. The lowest BCUT2D eigenvalue weighted by atomic mass is 10.3. The molecule has 2 aromatic rings. The van der Waals surface area contributed by atoms with Crippen molar-refractivity contribution in [2.24, 2.45) is 5.73 Å². The van der Waals surface area contributed by atoms with Crippen molar-refractivity contribution in [1.82, 2.24) is 15.0 Å². The lowest BCUT2D eigenvalue weighted by Gasteiger charge is -2.04. The molecule has 0 aromatic carbocycles. The summed E-state index contributed by atoms with van der Waals surface area (Å²) in [5.41, 5.74) is 7.30. The summed E-state index contributed by atoms with van der Waals surface area (Å²) >= 11 is 1.65. The Bertz CT molecular complexity index is 458. The van der Waals surface area contributed by atoms with Crippen LogP contribution in [0.15, 0.2) is 23.0 Å². The van der Waals surface area contributed by atoms with Crippen LogP contribution in [0, 0.1) is 0 Å². The molecular weight excluding hydrogens is 264 g/mol. The number of ether oxygens (including phenoxy) is 2. The number of nitrogens with two attached hydrogens (primary N) is 1. The Morgan fingerprint density at radius 2 is 2.05 bits per heavy atom. The molecule has 0 aliphatic carbocycles. The minimum absolute atomic E-state index is 0.546. The molecule has 2 heterocycles. The summed E-state index contributed by atoms with van der Waals surface area (Å²) in [4.78, 5) is 0. The van der Waals surface area contributed by atoms with E-state index in [2.05, 4.69) is 15.7 Å². The van der Waals surface area contributed by atoms with Crippen molar-refractivity contribution in [1.29, 1.82) is 0 Å². The van der Waals surface area contributed by atoms with E-state index < -0.39 is 0 Å². The third kappa shape index (κ3) is 4.71. The molecule has 0 bridgehead atoms. The number of rotatable bonds is 9. The molecule has 0 atom stereocenters. The molecule has 104 valence electrons. The summed E-state index contributed by atoms with van der Waals surface area (Å²) in [7, 11) is 0. The fourth-order valence-electron chi connectivity index (χ4n) is 1.51. The van der Waals surface area contributed by atoms with E-state index in [-0.39, 0.29) is 0 Å². The predicted molar refractivity (Wildman–Crippen MR) is 74.0 cm³/mol. The van der Waals surface area contributed by atoms with E-state index in [1.54, 1.807) is 16.0 Å². The van der Waals surface area contributed by atoms with E-state index in [1.807, 2.05) is 17.6 Å². The molecule has 19 heavy (non-hydrogen) atoms. The third-order valence-electron chi connectivity index (χ3n) is 2.45. The van der Waals surface area contributed by atoms with E-state index in [0.717, 1.165) is 11.3 Å². The van der Waals surface area contributed by atoms with Gasteiger partial charge in [0.05, 0.1) is 39.2 Å². The summed E-state index contributed by atoms with van der Waals surface area (Å²) in [6, 6.07) is 2.03. The molecule has 2 aromatic heterocycles. The van der Waals surface area contributed by atoms with Crippen LogP contribution in [0.25, 0.3) is 11.3 Å². The van der Waals surface area contributed by atoms with Crippen LogP contribution in [0.3, 0.4) is 0 Å². The van der Waals surface area contributed by atoms with Crippen LogP contribution in [0.4, 0.5) is 0 Å². The average Bonchev–Trinajstić information content (AvgIpc) is 3.08. The normalized spacial score (nSPS) is 11.0. The molecule has 2 N–H and O–H groups in total. The number of aromatic nitrogens is 3. The van der Waals surface area contributed by atoms with Gasteiger partial charge in [0.25, 0.3) is 0 Å². The lowest BCUT2D eigenvalue weighted by molar-refractivity contribution is 0.0466. The Kier molecular flexibility index (Phi) is 5.96. The first kappa shape index (κ1) is 14.1. The summed E-state index contributed by atoms with van der Waals surface area (Å²) in [6.07, 6.45) is 1.93. The minimum atomic E-state index is 0.546. The molecule has 0 aliphatic rings. The molecule has 0 amide bonds. The maximum atomic E-state index is 5.43. The van der Waals surface area contributed by atoms with Crippen LogP contribution < -0.4 is 5.73 Å². The van der Waals surface area contributed by atoms with Gasteiger partial charge < -0.3 is 15.2 Å². The maximum absolute atomic E-state index is 5.43. The minimum Gasteiger partial charge on any atom is -0.378 e. The molecule has 0 saturated heterocycles. The van der Waals surface area contributed by atoms with Gasteiger partial charge in [-0.2, -0.15) is 11.3 Å². The van der Waals surface area contributed by atoms with Gasteiger partial charge in [0.1, 0.15) is 5.69 Å². The van der Waals surface area contributed by atoms with Crippen molar-refractivity contribution >= 4 is 11.3 Å². The zero-order valence-electron chi connectivity index (χ0n) is 10.7. The van der Waals surface area contributed by atoms with Gasteiger partial charge in [-0.1, -0.05) is 5.21 Å². The van der Waals surface area contributed by atoms with E-state index in [0.29, 0.717) is 39.5 Å². The Hall–Kier alpha value is -1.28. The maximum Gasteiger partial charge on any atom is 0.113 e. The second kappa shape index (κ2) is 8.00. The van der Waals surface area contributed by atoms with Gasteiger partial charge >= 0.3 is 0 Å². The Labute approximate surface area is 116 Å². The van der Waals surface area contributed by atoms with Gasteiger partial charge in [-0.15, -0.1) is 5.10 Å². The van der Waals surface area contributed by atoms with Crippen LogP contribution in [0.1, 0.15) is 0 Å². The molecule has 0 unspecified atom stereocenters. The largest absolute Gasteiger partial charge is 0.378 e. The fourth-order valence-corrected chi connectivity index (χ4v) is 2.16. The lowest BCUT2D eigenvalue weighted by Crippen LogP contribution is -2.13. The molecule has 0 saturated carbocycles. The highest BCUT2D eigenvalue weighted by molar-refractivity contribution is 7.08. The van der Waals surface area contributed by atoms with Crippen LogP contribution in [-0.4, -0.2) is 48.0 Å². The summed E-state index contributed by atoms with van der Waals surface area (Å²) in [5, 5.41) is 12.3. The first-order chi connectivity index (χ1) is 9.40. The standard InChI is InChI=1S/C12H18N4O2S/c13-2-4-17-6-7-18-5-3-16-9-12(14-15-16)11-1-8-19-10-11/h1,8-10H,2-7,13H2. The molecule has 2 rings (SSSR count). The zero-order chi connectivity index (χ0) is 13.3. The number of hydrogen-bond donors (Lipinski definition) is 1. The molecule has 0 aliphatic heterocycles. The summed E-state index contributed by atoms with van der Waals surface area (Å²) in [5.74, 6) is 0. The van der Waals surface area contributed by atoms with Crippen LogP contribution in [0.2, 0.25) is 0 Å². The second-order valence-electron chi connectivity index (χ2n) is 3.89. The van der Waals surface area contributed by atoms with Gasteiger partial charge in [-0.3, -0.25) is 0 Å². The smallest absolute Gasteiger partial charge is 0.113 e. The van der Waals surface area contributed by atoms with Gasteiger partial charge in [0.15, 0.2) is 0 Å². The van der Waals surface area contributed by atoms with Crippen LogP contribution in [0.5, 0.6) is 0 Å². The summed E-state index contributed by atoms with van der Waals surface area (Å²) in [6.45, 7) is 3.56. The molecular formula is C12H18N4O2S. The highest BCUT2D eigenvalue weighted by Gasteiger charge is 2.03. The van der Waals surface area contributed by atoms with E-state index >= 15 is 0 Å². The molecule has 0 fully saturated rings. The Morgan fingerprint density at radius 3 is 2.79 bits per heavy atom. The highest BCUT2D eigenvalue weighted by atomic mass is 32.1.